The van der Waals surface area contributed by atoms with Gasteiger partial charge in [0.05, 0.1) is 5.69 Å². The van der Waals surface area contributed by atoms with E-state index in [-0.39, 0.29) is 0 Å². The molecule has 0 radical (unpaired) electrons. The largest absolute Gasteiger partial charge is 0.457 e. The molecule has 2 aromatic carbocycles. The van der Waals surface area contributed by atoms with Crippen molar-refractivity contribution in [3.05, 3.63) is 70.6 Å². The number of ether oxygens (including phenoxy) is 1. The van der Waals surface area contributed by atoms with Crippen molar-refractivity contribution in [2.45, 2.75) is 41.5 Å². The molecule has 4 rings (SSSR count). The summed E-state index contributed by atoms with van der Waals surface area (Å²) in [4.78, 5) is 8.97. The Hall–Kier alpha value is -3.19. The highest BCUT2D eigenvalue weighted by molar-refractivity contribution is 9.10. The van der Waals surface area contributed by atoms with Gasteiger partial charge in [-0.15, -0.1) is 0 Å². The van der Waals surface area contributed by atoms with E-state index in [4.69, 9.17) is 4.74 Å². The van der Waals surface area contributed by atoms with E-state index in [1.807, 2.05) is 75.6 Å². The Morgan fingerprint density at radius 1 is 1.06 bits per heavy atom. The maximum absolute atomic E-state index is 6.15. The molecule has 7 heteroatoms. The van der Waals surface area contributed by atoms with Crippen LogP contribution in [-0.4, -0.2) is 20.8 Å². The molecule has 2 aromatic heterocycles. The fourth-order valence-electron chi connectivity index (χ4n) is 3.14. The van der Waals surface area contributed by atoms with E-state index in [0.29, 0.717) is 5.92 Å². The van der Waals surface area contributed by atoms with E-state index >= 15 is 0 Å². The molecular weight excluding hydrogens is 478 g/mol. The van der Waals surface area contributed by atoms with Crippen LogP contribution in [0.3, 0.4) is 0 Å². The predicted molar refractivity (Wildman–Crippen MR) is 141 cm³/mol. The fourth-order valence-corrected chi connectivity index (χ4v) is 3.62. The van der Waals surface area contributed by atoms with Crippen molar-refractivity contribution < 1.29 is 4.74 Å². The number of hydrogen-bond donors (Lipinski definition) is 1. The third-order valence-electron chi connectivity index (χ3n) is 4.76. The van der Waals surface area contributed by atoms with Crippen LogP contribution in [0.15, 0.2) is 64.5 Å². The van der Waals surface area contributed by atoms with Crippen molar-refractivity contribution in [2.24, 2.45) is 10.9 Å². The zero-order chi connectivity index (χ0) is 24.0. The van der Waals surface area contributed by atoms with Crippen LogP contribution < -0.4 is 10.1 Å². The molecule has 0 amide bonds. The lowest BCUT2D eigenvalue weighted by molar-refractivity contribution is 0.479. The molecule has 0 aliphatic heterocycles. The zero-order valence-corrected chi connectivity index (χ0v) is 21.5. The van der Waals surface area contributed by atoms with Gasteiger partial charge in [0.1, 0.15) is 23.3 Å². The van der Waals surface area contributed by atoms with Crippen LogP contribution in [0.5, 0.6) is 11.5 Å². The highest BCUT2D eigenvalue weighted by atomic mass is 79.9. The van der Waals surface area contributed by atoms with Crippen LogP contribution >= 0.6 is 15.9 Å². The smallest absolute Gasteiger partial charge is 0.159 e. The van der Waals surface area contributed by atoms with E-state index in [1.165, 1.54) is 6.33 Å². The first-order chi connectivity index (χ1) is 15.9. The maximum atomic E-state index is 6.15. The molecule has 0 unspecified atom stereocenters. The Kier molecular flexibility index (Phi) is 8.22. The van der Waals surface area contributed by atoms with Crippen LogP contribution in [0.2, 0.25) is 0 Å². The highest BCUT2D eigenvalue weighted by Crippen LogP contribution is 2.32. The monoisotopic (exact) mass is 507 g/mol. The number of aryl methyl sites for hydroxylation is 2. The summed E-state index contributed by atoms with van der Waals surface area (Å²) in [5.74, 6) is 2.69. The molecule has 0 aliphatic carbocycles. The summed E-state index contributed by atoms with van der Waals surface area (Å²) in [7, 11) is 0. The van der Waals surface area contributed by atoms with Gasteiger partial charge in [-0.2, -0.15) is 5.10 Å². The lowest BCUT2D eigenvalue weighted by Crippen LogP contribution is -2.00. The number of hydrogen-bond acceptors (Lipinski definition) is 5. The summed E-state index contributed by atoms with van der Waals surface area (Å²) in [5, 5.41) is 7.60. The van der Waals surface area contributed by atoms with E-state index in [1.54, 1.807) is 4.52 Å². The van der Waals surface area contributed by atoms with Gasteiger partial charge in [0, 0.05) is 28.6 Å². The van der Waals surface area contributed by atoms with Gasteiger partial charge >= 0.3 is 0 Å². The zero-order valence-electron chi connectivity index (χ0n) is 19.9. The molecule has 33 heavy (non-hydrogen) atoms. The van der Waals surface area contributed by atoms with Crippen molar-refractivity contribution in [1.82, 2.24) is 14.6 Å². The minimum Gasteiger partial charge on any atom is -0.457 e. The SMILES string of the molecule is CC.Cc1ccc(Oc2ccc(Nc3ncnn4ccc(Br)c34)cc2C)cc1N=CC(C)C. The maximum Gasteiger partial charge on any atom is 0.159 e. The van der Waals surface area contributed by atoms with Gasteiger partial charge in [-0.1, -0.05) is 33.8 Å². The highest BCUT2D eigenvalue weighted by Gasteiger charge is 2.10. The molecule has 0 aliphatic rings. The van der Waals surface area contributed by atoms with E-state index in [2.05, 4.69) is 57.1 Å². The summed E-state index contributed by atoms with van der Waals surface area (Å²) in [6, 6.07) is 13.9. The van der Waals surface area contributed by atoms with Crippen LogP contribution in [0.25, 0.3) is 5.52 Å². The normalized spacial score (nSPS) is 11.0. The Balaban J connectivity index is 0.00000149. The molecule has 172 valence electrons. The fraction of sp³-hybridized carbons (Fsp3) is 0.269. The Morgan fingerprint density at radius 3 is 2.58 bits per heavy atom. The van der Waals surface area contributed by atoms with Gasteiger partial charge in [0.15, 0.2) is 5.82 Å². The molecule has 0 atom stereocenters. The second kappa shape index (κ2) is 11.1. The van der Waals surface area contributed by atoms with Crippen molar-refractivity contribution >= 4 is 44.9 Å². The first kappa shape index (κ1) is 24.5. The first-order valence-electron chi connectivity index (χ1n) is 11.1. The quantitative estimate of drug-likeness (QED) is 0.268. The van der Waals surface area contributed by atoms with Crippen molar-refractivity contribution in [1.29, 1.82) is 0 Å². The number of fused-ring (bicyclic) bond motifs is 1. The number of nitrogens with one attached hydrogen (secondary N) is 1. The number of nitrogens with zero attached hydrogens (tertiary/aromatic N) is 4. The van der Waals surface area contributed by atoms with Crippen LogP contribution in [0, 0.1) is 19.8 Å². The second-order valence-electron chi connectivity index (χ2n) is 7.74. The van der Waals surface area contributed by atoms with Crippen molar-refractivity contribution in [2.75, 3.05) is 5.32 Å². The topological polar surface area (TPSA) is 63.8 Å². The van der Waals surface area contributed by atoms with Gasteiger partial charge in [0.25, 0.3) is 0 Å². The third kappa shape index (κ3) is 5.99. The van der Waals surface area contributed by atoms with Crippen molar-refractivity contribution in [3.63, 3.8) is 0 Å². The van der Waals surface area contributed by atoms with E-state index < -0.39 is 0 Å². The van der Waals surface area contributed by atoms with Gasteiger partial charge < -0.3 is 10.1 Å². The molecule has 2 heterocycles. The number of aromatic nitrogens is 3. The summed E-state index contributed by atoms with van der Waals surface area (Å²) < 4.78 is 8.87. The number of aliphatic imine (C=N–C) groups is 1. The average molecular weight is 508 g/mol. The molecule has 0 saturated carbocycles. The van der Waals surface area contributed by atoms with E-state index in [0.717, 1.165) is 49.8 Å². The molecule has 1 N–H and O–H groups in total. The van der Waals surface area contributed by atoms with Gasteiger partial charge in [0.2, 0.25) is 0 Å². The molecule has 0 saturated heterocycles. The predicted octanol–water partition coefficient (Wildman–Crippen LogP) is 8.03. The molecule has 0 fully saturated rings. The van der Waals surface area contributed by atoms with Gasteiger partial charge in [-0.3, -0.25) is 4.99 Å². The molecule has 6 nitrogen and oxygen atoms in total. The number of benzene rings is 2. The summed E-state index contributed by atoms with van der Waals surface area (Å²) in [5.41, 5.74) is 4.86. The summed E-state index contributed by atoms with van der Waals surface area (Å²) >= 11 is 3.55. The first-order valence-corrected chi connectivity index (χ1v) is 11.9. The van der Waals surface area contributed by atoms with Crippen molar-refractivity contribution in [3.8, 4) is 11.5 Å². The van der Waals surface area contributed by atoms with Crippen LogP contribution in [0.4, 0.5) is 17.2 Å². The molecular formula is C26H30BrN5O. The third-order valence-corrected chi connectivity index (χ3v) is 5.40. The Labute approximate surface area is 203 Å². The number of halogens is 1. The average Bonchev–Trinajstić information content (AvgIpc) is 3.19. The molecule has 0 bridgehead atoms. The Morgan fingerprint density at radius 2 is 1.85 bits per heavy atom. The van der Waals surface area contributed by atoms with Crippen LogP contribution in [-0.2, 0) is 0 Å². The lowest BCUT2D eigenvalue weighted by atomic mass is 10.1. The minimum absolute atomic E-state index is 0.398. The Bertz CT molecular complexity index is 1260. The standard InChI is InChI=1S/C24H24BrN5O.C2H6/c1-15(2)13-26-21-12-19(7-5-16(21)3)31-22-8-6-18(11-17(22)4)29-24-23-20(25)9-10-30(23)28-14-27-24;1-2/h5-15H,1-4H3,(H,27,28,29);1-2H3. The molecule has 0 spiro atoms. The number of anilines is 2. The van der Waals surface area contributed by atoms with Gasteiger partial charge in [-0.25, -0.2) is 9.50 Å². The summed E-state index contributed by atoms with van der Waals surface area (Å²) in [6.45, 7) is 12.3. The summed E-state index contributed by atoms with van der Waals surface area (Å²) in [6.07, 6.45) is 5.36. The van der Waals surface area contributed by atoms with E-state index in [9.17, 15) is 0 Å². The number of rotatable bonds is 6. The molecule has 4 aromatic rings. The van der Waals surface area contributed by atoms with Crippen LogP contribution in [0.1, 0.15) is 38.8 Å². The second-order valence-corrected chi connectivity index (χ2v) is 8.60. The lowest BCUT2D eigenvalue weighted by Gasteiger charge is -2.13. The minimum atomic E-state index is 0.398. The van der Waals surface area contributed by atoms with Gasteiger partial charge in [-0.05, 0) is 77.2 Å².